The fourth-order valence-electron chi connectivity index (χ4n) is 4.55. The first kappa shape index (κ1) is 21.2. The van der Waals surface area contributed by atoms with Crippen molar-refractivity contribution in [1.82, 2.24) is 19.3 Å². The summed E-state index contributed by atoms with van der Waals surface area (Å²) in [5.74, 6) is 0.488. The lowest BCUT2D eigenvalue weighted by atomic mass is 9.99. The van der Waals surface area contributed by atoms with E-state index in [4.69, 9.17) is 21.3 Å². The highest BCUT2D eigenvalue weighted by atomic mass is 16.5. The lowest BCUT2D eigenvalue weighted by Crippen LogP contribution is -2.35. The van der Waals surface area contributed by atoms with Crippen LogP contribution in [0.5, 0.6) is 6.01 Å². The average Bonchev–Trinajstić information content (AvgIpc) is 3.33. The number of nitrogens with zero attached hydrogens (tertiary/aromatic N) is 5. The van der Waals surface area contributed by atoms with Crippen LogP contribution < -0.4 is 4.74 Å². The van der Waals surface area contributed by atoms with E-state index in [9.17, 15) is 0 Å². The van der Waals surface area contributed by atoms with Gasteiger partial charge in [0.05, 0.1) is 24.4 Å². The molecule has 0 bridgehead atoms. The highest BCUT2D eigenvalue weighted by Crippen LogP contribution is 2.36. The lowest BCUT2D eigenvalue weighted by Gasteiger charge is -2.29. The third-order valence-electron chi connectivity index (χ3n) is 6.29. The van der Waals surface area contributed by atoms with Gasteiger partial charge in [-0.25, -0.2) is 9.83 Å². The van der Waals surface area contributed by atoms with Gasteiger partial charge in [-0.15, -0.1) is 0 Å². The summed E-state index contributed by atoms with van der Waals surface area (Å²) in [6.07, 6.45) is 6.07. The van der Waals surface area contributed by atoms with E-state index in [-0.39, 0.29) is 0 Å². The Morgan fingerprint density at radius 3 is 2.58 bits per heavy atom. The molecule has 1 aliphatic rings. The SMILES string of the molecule is [C-]#[N+]c1ccc(-c2nc(OCC3CCCN(C)C3)n3ccnc3c2-c2ccc(C)cc2)cc1. The van der Waals surface area contributed by atoms with Gasteiger partial charge in [0.1, 0.15) is 0 Å². The van der Waals surface area contributed by atoms with Gasteiger partial charge in [-0.2, -0.15) is 4.98 Å². The molecule has 1 fully saturated rings. The lowest BCUT2D eigenvalue weighted by molar-refractivity contribution is 0.143. The second kappa shape index (κ2) is 9.05. The van der Waals surface area contributed by atoms with Gasteiger partial charge in [-0.05, 0) is 44.5 Å². The molecule has 0 saturated carbocycles. The van der Waals surface area contributed by atoms with Gasteiger partial charge in [-0.3, -0.25) is 4.40 Å². The molecule has 0 spiro atoms. The zero-order valence-corrected chi connectivity index (χ0v) is 19.0. The molecule has 0 radical (unpaired) electrons. The molecule has 3 heterocycles. The topological polar surface area (TPSA) is 47.0 Å². The van der Waals surface area contributed by atoms with Crippen LogP contribution in [0.25, 0.3) is 32.9 Å². The van der Waals surface area contributed by atoms with Crippen molar-refractivity contribution in [2.24, 2.45) is 5.92 Å². The minimum Gasteiger partial charge on any atom is -0.464 e. The maximum Gasteiger partial charge on any atom is 0.302 e. The van der Waals surface area contributed by atoms with E-state index in [0.717, 1.165) is 41.1 Å². The van der Waals surface area contributed by atoms with E-state index in [1.165, 1.54) is 18.4 Å². The van der Waals surface area contributed by atoms with Crippen LogP contribution in [-0.4, -0.2) is 46.0 Å². The Labute approximate surface area is 194 Å². The number of imidazole rings is 1. The van der Waals surface area contributed by atoms with E-state index < -0.39 is 0 Å². The molecule has 1 atom stereocenters. The van der Waals surface area contributed by atoms with Crippen LogP contribution in [0.3, 0.4) is 0 Å². The predicted octanol–water partition coefficient (Wildman–Crippen LogP) is 5.64. The Morgan fingerprint density at radius 2 is 1.85 bits per heavy atom. The number of benzene rings is 2. The number of ether oxygens (including phenoxy) is 1. The van der Waals surface area contributed by atoms with E-state index in [2.05, 4.69) is 48.0 Å². The van der Waals surface area contributed by atoms with Crippen LogP contribution in [0, 0.1) is 19.4 Å². The molecule has 6 nitrogen and oxygen atoms in total. The zero-order chi connectivity index (χ0) is 22.8. The molecule has 1 saturated heterocycles. The van der Waals surface area contributed by atoms with Crippen LogP contribution in [0.15, 0.2) is 60.9 Å². The molecule has 2 aromatic carbocycles. The first-order chi connectivity index (χ1) is 16.1. The molecule has 1 unspecified atom stereocenters. The minimum atomic E-state index is 0.488. The number of hydrogen-bond donors (Lipinski definition) is 0. The molecule has 0 amide bonds. The van der Waals surface area contributed by atoms with Crippen molar-refractivity contribution in [3.05, 3.63) is 77.9 Å². The molecule has 5 rings (SSSR count). The maximum absolute atomic E-state index is 7.28. The molecule has 2 aromatic heterocycles. The van der Waals surface area contributed by atoms with Crippen LogP contribution in [-0.2, 0) is 0 Å². The summed E-state index contributed by atoms with van der Waals surface area (Å²) < 4.78 is 8.26. The molecule has 1 aliphatic heterocycles. The summed E-state index contributed by atoms with van der Waals surface area (Å²) in [6.45, 7) is 12.2. The molecular weight excluding hydrogens is 410 g/mol. The van der Waals surface area contributed by atoms with Crippen LogP contribution in [0.4, 0.5) is 5.69 Å². The smallest absolute Gasteiger partial charge is 0.302 e. The average molecular weight is 438 g/mol. The van der Waals surface area contributed by atoms with Crippen LogP contribution in [0.2, 0.25) is 0 Å². The van der Waals surface area contributed by atoms with Gasteiger partial charge < -0.3 is 9.64 Å². The summed E-state index contributed by atoms with van der Waals surface area (Å²) in [4.78, 5) is 15.6. The highest BCUT2D eigenvalue weighted by molar-refractivity contribution is 5.90. The molecule has 4 aromatic rings. The van der Waals surface area contributed by atoms with Crippen molar-refractivity contribution in [2.45, 2.75) is 19.8 Å². The quantitative estimate of drug-likeness (QED) is 0.379. The highest BCUT2D eigenvalue weighted by Gasteiger charge is 2.22. The van der Waals surface area contributed by atoms with Gasteiger partial charge in [-0.1, -0.05) is 54.1 Å². The number of rotatable bonds is 5. The second-order valence-electron chi connectivity index (χ2n) is 8.85. The third-order valence-corrected chi connectivity index (χ3v) is 6.29. The van der Waals surface area contributed by atoms with Crippen molar-refractivity contribution in [3.63, 3.8) is 0 Å². The number of aromatic nitrogens is 3. The number of piperidine rings is 1. The fourth-order valence-corrected chi connectivity index (χ4v) is 4.55. The molecule has 166 valence electrons. The van der Waals surface area contributed by atoms with Crippen molar-refractivity contribution >= 4 is 11.3 Å². The Kier molecular flexibility index (Phi) is 5.80. The van der Waals surface area contributed by atoms with Crippen molar-refractivity contribution in [2.75, 3.05) is 26.7 Å². The molecular formula is C27H27N5O. The fraction of sp³-hybridized carbons (Fsp3) is 0.296. The number of likely N-dealkylation sites (tertiary alicyclic amines) is 1. The van der Waals surface area contributed by atoms with Gasteiger partial charge in [0.2, 0.25) is 0 Å². The Hall–Kier alpha value is -3.69. The van der Waals surface area contributed by atoms with Crippen molar-refractivity contribution < 1.29 is 4.74 Å². The standard InChI is InChI=1S/C27H27N5O/c1-19-6-8-21(9-7-19)24-25(22-10-12-23(28-2)13-11-22)30-27(32-16-14-29-26(24)32)33-18-20-5-4-15-31(3)17-20/h6-14,16,20H,4-5,15,17-18H2,1,3H3. The maximum atomic E-state index is 7.28. The van der Waals surface area contributed by atoms with Crippen LogP contribution >= 0.6 is 0 Å². The summed E-state index contributed by atoms with van der Waals surface area (Å²) in [5.41, 5.74) is 6.38. The summed E-state index contributed by atoms with van der Waals surface area (Å²) in [6, 6.07) is 16.5. The summed E-state index contributed by atoms with van der Waals surface area (Å²) in [5, 5.41) is 0. The van der Waals surface area contributed by atoms with Crippen molar-refractivity contribution in [1.29, 1.82) is 0 Å². The first-order valence-corrected chi connectivity index (χ1v) is 11.4. The molecule has 0 aliphatic carbocycles. The number of hydrogen-bond acceptors (Lipinski definition) is 4. The molecule has 6 heteroatoms. The number of fused-ring (bicyclic) bond motifs is 1. The second-order valence-corrected chi connectivity index (χ2v) is 8.85. The molecule has 0 N–H and O–H groups in total. The van der Waals surface area contributed by atoms with E-state index in [1.807, 2.05) is 34.9 Å². The zero-order valence-electron chi connectivity index (χ0n) is 19.0. The van der Waals surface area contributed by atoms with E-state index >= 15 is 0 Å². The monoisotopic (exact) mass is 437 g/mol. The first-order valence-electron chi connectivity index (χ1n) is 11.4. The van der Waals surface area contributed by atoms with Crippen LogP contribution in [0.1, 0.15) is 18.4 Å². The largest absolute Gasteiger partial charge is 0.464 e. The molecule has 33 heavy (non-hydrogen) atoms. The predicted molar refractivity (Wildman–Crippen MR) is 131 cm³/mol. The number of aryl methyl sites for hydroxylation is 1. The van der Waals surface area contributed by atoms with E-state index in [0.29, 0.717) is 24.2 Å². The van der Waals surface area contributed by atoms with Crippen molar-refractivity contribution in [3.8, 4) is 28.4 Å². The van der Waals surface area contributed by atoms with E-state index in [1.54, 1.807) is 6.20 Å². The van der Waals surface area contributed by atoms with Gasteiger partial charge in [0, 0.05) is 24.9 Å². The Morgan fingerprint density at radius 1 is 1.09 bits per heavy atom. The Balaban J connectivity index is 1.61. The van der Waals surface area contributed by atoms with Gasteiger partial charge >= 0.3 is 6.01 Å². The normalized spacial score (nSPS) is 16.6. The summed E-state index contributed by atoms with van der Waals surface area (Å²) >= 11 is 0. The Bertz CT molecular complexity index is 1300. The third kappa shape index (κ3) is 4.33. The van der Waals surface area contributed by atoms with Gasteiger partial charge in [0.25, 0.3) is 0 Å². The minimum absolute atomic E-state index is 0.488. The summed E-state index contributed by atoms with van der Waals surface area (Å²) in [7, 11) is 2.17. The van der Waals surface area contributed by atoms with Gasteiger partial charge in [0.15, 0.2) is 11.3 Å².